The first-order valence-corrected chi connectivity index (χ1v) is 7.71. The van der Waals surface area contributed by atoms with Gasteiger partial charge in [0.25, 0.3) is 0 Å². The fourth-order valence-electron chi connectivity index (χ4n) is 2.29. The highest BCUT2D eigenvalue weighted by Gasteiger charge is 2.09. The van der Waals surface area contributed by atoms with Crippen LogP contribution in [0.15, 0.2) is 47.7 Å². The molecule has 2 aliphatic carbocycles. The van der Waals surface area contributed by atoms with Gasteiger partial charge >= 0.3 is 12.1 Å². The number of hydrogen-bond donors (Lipinski definition) is 2. The van der Waals surface area contributed by atoms with Crippen LogP contribution in [0, 0.1) is 0 Å². The summed E-state index contributed by atoms with van der Waals surface area (Å²) in [6, 6.07) is -0.569. The summed E-state index contributed by atoms with van der Waals surface area (Å²) in [6.45, 7) is 0.299. The highest BCUT2D eigenvalue weighted by Crippen LogP contribution is 2.14. The minimum Gasteiger partial charge on any atom is -0.449 e. The number of amides is 3. The molecule has 2 N–H and O–H groups in total. The summed E-state index contributed by atoms with van der Waals surface area (Å²) in [5.41, 5.74) is 1.98. The van der Waals surface area contributed by atoms with Crippen molar-refractivity contribution in [2.75, 3.05) is 6.61 Å². The predicted molar refractivity (Wildman–Crippen MR) is 85.2 cm³/mol. The molecule has 2 aliphatic rings. The number of ether oxygens (including phenoxy) is 1. The van der Waals surface area contributed by atoms with Gasteiger partial charge in [-0.05, 0) is 44.6 Å². The fourth-order valence-corrected chi connectivity index (χ4v) is 2.29. The molecule has 0 aromatic heterocycles. The molecule has 0 saturated carbocycles. The van der Waals surface area contributed by atoms with Gasteiger partial charge in [0.2, 0.25) is 0 Å². The number of allylic oxidation sites excluding steroid dienone is 7. The standard InChI is InChI=1S/C17H22N2O3/c20-16(18-15-11-5-2-6-12-15)19-17(21)22-13-7-10-14-8-3-1-4-9-14/h3,5,8-9,11-12H,1-2,4,6-7,10,13H2,(H2,18,19,20,21). The van der Waals surface area contributed by atoms with Crippen LogP contribution >= 0.6 is 0 Å². The number of rotatable bonds is 5. The molecule has 0 aromatic carbocycles. The van der Waals surface area contributed by atoms with E-state index in [1.54, 1.807) is 0 Å². The van der Waals surface area contributed by atoms with Crippen molar-refractivity contribution in [3.05, 3.63) is 47.7 Å². The van der Waals surface area contributed by atoms with Crippen LogP contribution in [-0.4, -0.2) is 18.7 Å². The van der Waals surface area contributed by atoms with Crippen molar-refractivity contribution in [3.8, 4) is 0 Å². The maximum atomic E-state index is 11.6. The van der Waals surface area contributed by atoms with Crippen LogP contribution in [0.5, 0.6) is 0 Å². The van der Waals surface area contributed by atoms with Crippen molar-refractivity contribution in [2.45, 2.75) is 38.5 Å². The second-order valence-corrected chi connectivity index (χ2v) is 5.22. The summed E-state index contributed by atoms with van der Waals surface area (Å²) >= 11 is 0. The minimum atomic E-state index is -0.717. The molecule has 0 radical (unpaired) electrons. The third-order valence-electron chi connectivity index (χ3n) is 3.38. The summed E-state index contributed by atoms with van der Waals surface area (Å²) in [5, 5.41) is 4.75. The second kappa shape index (κ2) is 8.87. The Morgan fingerprint density at radius 1 is 1.05 bits per heavy atom. The molecule has 0 saturated heterocycles. The van der Waals surface area contributed by atoms with Crippen LogP contribution in [0.4, 0.5) is 9.59 Å². The molecular formula is C17H22N2O3. The molecule has 3 amide bonds. The first kappa shape index (κ1) is 16.1. The van der Waals surface area contributed by atoms with Gasteiger partial charge in [-0.2, -0.15) is 0 Å². The van der Waals surface area contributed by atoms with Gasteiger partial charge in [-0.15, -0.1) is 0 Å². The van der Waals surface area contributed by atoms with E-state index < -0.39 is 12.1 Å². The number of hydrogen-bond acceptors (Lipinski definition) is 3. The van der Waals surface area contributed by atoms with E-state index >= 15 is 0 Å². The quantitative estimate of drug-likeness (QED) is 0.761. The van der Waals surface area contributed by atoms with Crippen LogP contribution in [0.2, 0.25) is 0 Å². The Bertz CT molecular complexity index is 530. The number of nitrogens with one attached hydrogen (secondary N) is 2. The predicted octanol–water partition coefficient (Wildman–Crippen LogP) is 3.71. The van der Waals surface area contributed by atoms with Gasteiger partial charge in [-0.3, -0.25) is 0 Å². The molecular weight excluding hydrogens is 280 g/mol. The van der Waals surface area contributed by atoms with Crippen LogP contribution in [0.25, 0.3) is 0 Å². The molecule has 0 aromatic rings. The molecule has 5 nitrogen and oxygen atoms in total. The summed E-state index contributed by atoms with van der Waals surface area (Å²) in [6.07, 6.45) is 17.1. The number of urea groups is 1. The monoisotopic (exact) mass is 302 g/mol. The highest BCUT2D eigenvalue weighted by molar-refractivity contribution is 5.91. The smallest absolute Gasteiger partial charge is 0.415 e. The summed E-state index contributed by atoms with van der Waals surface area (Å²) in [4.78, 5) is 23.1. The van der Waals surface area contributed by atoms with E-state index in [0.29, 0.717) is 12.3 Å². The van der Waals surface area contributed by atoms with Gasteiger partial charge in [0.15, 0.2) is 0 Å². The molecule has 22 heavy (non-hydrogen) atoms. The molecule has 0 atom stereocenters. The molecule has 0 unspecified atom stereocenters. The van der Waals surface area contributed by atoms with E-state index in [4.69, 9.17) is 4.74 Å². The first-order chi connectivity index (χ1) is 10.7. The third kappa shape index (κ3) is 5.99. The minimum absolute atomic E-state index is 0.299. The summed E-state index contributed by atoms with van der Waals surface area (Å²) < 4.78 is 4.99. The number of carbonyl (C=O) groups is 2. The number of carbonyl (C=O) groups excluding carboxylic acids is 2. The van der Waals surface area contributed by atoms with Crippen molar-refractivity contribution in [3.63, 3.8) is 0 Å². The van der Waals surface area contributed by atoms with Gasteiger partial charge in [0.1, 0.15) is 0 Å². The zero-order chi connectivity index (χ0) is 15.6. The Hall–Kier alpha value is -2.30. The zero-order valence-corrected chi connectivity index (χ0v) is 12.6. The average Bonchev–Trinajstić information content (AvgIpc) is 2.53. The molecule has 0 heterocycles. The van der Waals surface area contributed by atoms with E-state index in [9.17, 15) is 9.59 Å². The van der Waals surface area contributed by atoms with Gasteiger partial charge < -0.3 is 10.1 Å². The van der Waals surface area contributed by atoms with E-state index in [0.717, 1.165) is 38.5 Å². The van der Waals surface area contributed by atoms with Crippen LogP contribution < -0.4 is 10.6 Å². The Morgan fingerprint density at radius 3 is 2.50 bits per heavy atom. The Labute approximate surface area is 130 Å². The lowest BCUT2D eigenvalue weighted by atomic mass is 10.0. The van der Waals surface area contributed by atoms with Crippen LogP contribution in [-0.2, 0) is 4.74 Å². The fraction of sp³-hybridized carbons (Fsp3) is 0.412. The Kier molecular flexibility index (Phi) is 6.48. The molecule has 118 valence electrons. The SMILES string of the molecule is O=C(NC(=O)OCCCC1=CCCC=C1)NC1=CCCC=C1. The van der Waals surface area contributed by atoms with Gasteiger partial charge in [-0.1, -0.05) is 36.0 Å². The third-order valence-corrected chi connectivity index (χ3v) is 3.38. The summed E-state index contributed by atoms with van der Waals surface area (Å²) in [7, 11) is 0. The molecule has 0 bridgehead atoms. The van der Waals surface area contributed by atoms with Gasteiger partial charge in [-0.25, -0.2) is 14.9 Å². The molecule has 0 fully saturated rings. The average molecular weight is 302 g/mol. The highest BCUT2D eigenvalue weighted by atomic mass is 16.5. The van der Waals surface area contributed by atoms with Crippen molar-refractivity contribution < 1.29 is 14.3 Å². The normalized spacial score (nSPS) is 16.5. The number of imide groups is 1. The first-order valence-electron chi connectivity index (χ1n) is 7.71. The van der Waals surface area contributed by atoms with E-state index in [-0.39, 0.29) is 0 Å². The van der Waals surface area contributed by atoms with Gasteiger partial charge in [0.05, 0.1) is 6.61 Å². The van der Waals surface area contributed by atoms with Crippen LogP contribution in [0.1, 0.15) is 38.5 Å². The molecule has 2 rings (SSSR count). The largest absolute Gasteiger partial charge is 0.449 e. The lowest BCUT2D eigenvalue weighted by molar-refractivity contribution is 0.146. The molecule has 0 spiro atoms. The second-order valence-electron chi connectivity index (χ2n) is 5.22. The molecule has 0 aliphatic heterocycles. The maximum absolute atomic E-state index is 11.6. The van der Waals surface area contributed by atoms with Crippen molar-refractivity contribution in [1.29, 1.82) is 0 Å². The van der Waals surface area contributed by atoms with E-state index in [2.05, 4.69) is 28.9 Å². The lowest BCUT2D eigenvalue weighted by Gasteiger charge is -2.10. The molecule has 5 heteroatoms. The summed E-state index contributed by atoms with van der Waals surface area (Å²) in [5.74, 6) is 0. The van der Waals surface area contributed by atoms with E-state index in [1.165, 1.54) is 5.57 Å². The lowest BCUT2D eigenvalue weighted by Crippen LogP contribution is -2.39. The maximum Gasteiger partial charge on any atom is 0.415 e. The number of alkyl carbamates (subject to hydrolysis) is 1. The van der Waals surface area contributed by atoms with Crippen LogP contribution in [0.3, 0.4) is 0 Å². The zero-order valence-electron chi connectivity index (χ0n) is 12.6. The topological polar surface area (TPSA) is 67.4 Å². The Balaban J connectivity index is 1.58. The van der Waals surface area contributed by atoms with Crippen molar-refractivity contribution >= 4 is 12.1 Å². The van der Waals surface area contributed by atoms with Gasteiger partial charge in [0, 0.05) is 5.70 Å². The van der Waals surface area contributed by atoms with E-state index in [1.807, 2.05) is 18.2 Å². The Morgan fingerprint density at radius 2 is 1.82 bits per heavy atom. The van der Waals surface area contributed by atoms with Crippen molar-refractivity contribution in [2.24, 2.45) is 0 Å². The van der Waals surface area contributed by atoms with Crippen molar-refractivity contribution in [1.82, 2.24) is 10.6 Å².